The molecular formula is C20H22N2O2S. The van der Waals surface area contributed by atoms with Gasteiger partial charge in [0.05, 0.1) is 5.57 Å². The van der Waals surface area contributed by atoms with Gasteiger partial charge >= 0.3 is 0 Å². The SMILES string of the molecule is CCN1C(=O)C(Nc2ccc(C(C)(C)C)cc2)=C(c2cccs2)C1=O. The number of likely N-dealkylation sites (N-methyl/N-ethyl adjacent to an activating group) is 1. The second kappa shape index (κ2) is 6.48. The summed E-state index contributed by atoms with van der Waals surface area (Å²) in [6.45, 7) is 8.64. The molecule has 1 aliphatic rings. The second-order valence-corrected chi connectivity index (χ2v) is 7.98. The Balaban J connectivity index is 1.98. The number of hydrogen-bond acceptors (Lipinski definition) is 4. The van der Waals surface area contributed by atoms with E-state index in [4.69, 9.17) is 0 Å². The molecular weight excluding hydrogens is 332 g/mol. The van der Waals surface area contributed by atoms with Crippen molar-refractivity contribution in [3.8, 4) is 0 Å². The maximum Gasteiger partial charge on any atom is 0.278 e. The Morgan fingerprint density at radius 2 is 1.72 bits per heavy atom. The van der Waals surface area contributed by atoms with Gasteiger partial charge in [0.1, 0.15) is 5.70 Å². The molecule has 0 radical (unpaired) electrons. The van der Waals surface area contributed by atoms with Gasteiger partial charge in [-0.2, -0.15) is 0 Å². The molecule has 3 rings (SSSR count). The molecule has 1 aromatic heterocycles. The Labute approximate surface area is 152 Å². The summed E-state index contributed by atoms with van der Waals surface area (Å²) >= 11 is 1.46. The number of anilines is 1. The zero-order chi connectivity index (χ0) is 18.2. The monoisotopic (exact) mass is 354 g/mol. The molecule has 0 bridgehead atoms. The molecule has 130 valence electrons. The average Bonchev–Trinajstić information content (AvgIpc) is 3.15. The standard InChI is InChI=1S/C20H22N2O2S/c1-5-22-18(23)16(15-7-6-12-25-15)17(19(22)24)21-14-10-8-13(9-11-14)20(2,3)4/h6-12,21H,5H2,1-4H3. The van der Waals surface area contributed by atoms with Gasteiger partial charge in [-0.15, -0.1) is 11.3 Å². The van der Waals surface area contributed by atoms with Crippen molar-refractivity contribution in [1.82, 2.24) is 4.90 Å². The number of nitrogens with zero attached hydrogens (tertiary/aromatic N) is 1. The van der Waals surface area contributed by atoms with Crippen LogP contribution in [-0.4, -0.2) is 23.3 Å². The van der Waals surface area contributed by atoms with Gasteiger partial charge in [-0.05, 0) is 41.5 Å². The van der Waals surface area contributed by atoms with Crippen LogP contribution in [0.4, 0.5) is 5.69 Å². The quantitative estimate of drug-likeness (QED) is 0.835. The van der Waals surface area contributed by atoms with E-state index in [0.29, 0.717) is 17.8 Å². The fourth-order valence-corrected chi connectivity index (χ4v) is 3.59. The number of rotatable bonds is 4. The summed E-state index contributed by atoms with van der Waals surface area (Å²) in [7, 11) is 0. The first-order valence-corrected chi connectivity index (χ1v) is 9.22. The average molecular weight is 354 g/mol. The van der Waals surface area contributed by atoms with E-state index in [0.717, 1.165) is 10.6 Å². The minimum Gasteiger partial charge on any atom is -0.350 e. The molecule has 5 heteroatoms. The third-order valence-electron chi connectivity index (χ3n) is 4.27. The van der Waals surface area contributed by atoms with Crippen LogP contribution < -0.4 is 5.32 Å². The minimum absolute atomic E-state index is 0.0675. The predicted molar refractivity (Wildman–Crippen MR) is 102 cm³/mol. The Bertz CT molecular complexity index is 828. The van der Waals surface area contributed by atoms with Crippen molar-refractivity contribution in [3.05, 3.63) is 57.9 Å². The van der Waals surface area contributed by atoms with E-state index in [1.165, 1.54) is 21.8 Å². The van der Waals surface area contributed by atoms with Crippen LogP contribution in [-0.2, 0) is 15.0 Å². The Morgan fingerprint density at radius 1 is 1.04 bits per heavy atom. The van der Waals surface area contributed by atoms with Crippen molar-refractivity contribution in [2.45, 2.75) is 33.1 Å². The van der Waals surface area contributed by atoms with Crippen molar-refractivity contribution in [2.24, 2.45) is 0 Å². The van der Waals surface area contributed by atoms with Gasteiger partial charge in [-0.3, -0.25) is 14.5 Å². The number of carbonyl (C=O) groups excluding carboxylic acids is 2. The van der Waals surface area contributed by atoms with E-state index in [1.54, 1.807) is 0 Å². The molecule has 1 aliphatic heterocycles. The van der Waals surface area contributed by atoms with E-state index in [2.05, 4.69) is 26.1 Å². The molecule has 0 saturated carbocycles. The molecule has 1 aromatic carbocycles. The first kappa shape index (κ1) is 17.4. The highest BCUT2D eigenvalue weighted by Gasteiger charge is 2.38. The fourth-order valence-electron chi connectivity index (χ4n) is 2.83. The van der Waals surface area contributed by atoms with Crippen LogP contribution in [0.2, 0.25) is 0 Å². The van der Waals surface area contributed by atoms with Crippen LogP contribution in [0.3, 0.4) is 0 Å². The maximum atomic E-state index is 12.7. The number of amides is 2. The van der Waals surface area contributed by atoms with Gasteiger partial charge in [0.15, 0.2) is 0 Å². The normalized spacial score (nSPS) is 15.3. The molecule has 2 heterocycles. The molecule has 0 unspecified atom stereocenters. The molecule has 0 fully saturated rings. The molecule has 0 saturated heterocycles. The summed E-state index contributed by atoms with van der Waals surface area (Å²) in [5, 5.41) is 5.08. The molecule has 25 heavy (non-hydrogen) atoms. The number of imide groups is 1. The van der Waals surface area contributed by atoms with Gasteiger partial charge in [0, 0.05) is 17.1 Å². The topological polar surface area (TPSA) is 49.4 Å². The van der Waals surface area contributed by atoms with Crippen LogP contribution in [0.25, 0.3) is 5.57 Å². The first-order chi connectivity index (χ1) is 11.8. The number of carbonyl (C=O) groups is 2. The van der Waals surface area contributed by atoms with Crippen molar-refractivity contribution >= 4 is 34.4 Å². The van der Waals surface area contributed by atoms with E-state index >= 15 is 0 Å². The minimum atomic E-state index is -0.268. The molecule has 0 atom stereocenters. The molecule has 1 N–H and O–H groups in total. The fraction of sp³-hybridized carbons (Fsp3) is 0.300. The zero-order valence-corrected chi connectivity index (χ0v) is 15.7. The predicted octanol–water partition coefficient (Wildman–Crippen LogP) is 4.26. The van der Waals surface area contributed by atoms with Gasteiger partial charge < -0.3 is 5.32 Å². The molecule has 4 nitrogen and oxygen atoms in total. The van der Waals surface area contributed by atoms with E-state index in [1.807, 2.05) is 48.7 Å². The molecule has 2 aromatic rings. The van der Waals surface area contributed by atoms with Crippen LogP contribution >= 0.6 is 11.3 Å². The highest BCUT2D eigenvalue weighted by Crippen LogP contribution is 2.33. The maximum absolute atomic E-state index is 12.7. The number of hydrogen-bond donors (Lipinski definition) is 1. The molecule has 2 amide bonds. The van der Waals surface area contributed by atoms with Crippen molar-refractivity contribution in [3.63, 3.8) is 0 Å². The number of nitrogens with one attached hydrogen (secondary N) is 1. The van der Waals surface area contributed by atoms with Gasteiger partial charge in [0.2, 0.25) is 0 Å². The highest BCUT2D eigenvalue weighted by atomic mass is 32.1. The summed E-state index contributed by atoms with van der Waals surface area (Å²) in [5.41, 5.74) is 2.91. The lowest BCUT2D eigenvalue weighted by Gasteiger charge is -2.19. The molecule has 0 aliphatic carbocycles. The lowest BCUT2D eigenvalue weighted by Crippen LogP contribution is -2.32. The summed E-state index contributed by atoms with van der Waals surface area (Å²) < 4.78 is 0. The zero-order valence-electron chi connectivity index (χ0n) is 14.9. The van der Waals surface area contributed by atoms with Crippen LogP contribution in [0.5, 0.6) is 0 Å². The van der Waals surface area contributed by atoms with Crippen molar-refractivity contribution < 1.29 is 9.59 Å². The first-order valence-electron chi connectivity index (χ1n) is 8.35. The summed E-state index contributed by atoms with van der Waals surface area (Å²) in [5.74, 6) is -0.500. The largest absolute Gasteiger partial charge is 0.350 e. The summed E-state index contributed by atoms with van der Waals surface area (Å²) in [4.78, 5) is 27.4. The second-order valence-electron chi connectivity index (χ2n) is 7.03. The lowest BCUT2D eigenvalue weighted by molar-refractivity contribution is -0.136. The van der Waals surface area contributed by atoms with E-state index in [-0.39, 0.29) is 17.2 Å². The number of benzene rings is 1. The van der Waals surface area contributed by atoms with Crippen LogP contribution in [0.1, 0.15) is 38.1 Å². The van der Waals surface area contributed by atoms with Gasteiger partial charge in [-0.1, -0.05) is 39.0 Å². The summed E-state index contributed by atoms with van der Waals surface area (Å²) in [6.07, 6.45) is 0. The third-order valence-corrected chi connectivity index (χ3v) is 5.16. The van der Waals surface area contributed by atoms with Gasteiger partial charge in [0.25, 0.3) is 11.8 Å². The smallest absolute Gasteiger partial charge is 0.278 e. The summed E-state index contributed by atoms with van der Waals surface area (Å²) in [6, 6.07) is 11.8. The van der Waals surface area contributed by atoms with Crippen LogP contribution in [0, 0.1) is 0 Å². The Kier molecular flexibility index (Phi) is 4.52. The lowest BCUT2D eigenvalue weighted by atomic mass is 9.87. The van der Waals surface area contributed by atoms with E-state index < -0.39 is 0 Å². The number of thiophene rings is 1. The Morgan fingerprint density at radius 3 is 2.24 bits per heavy atom. The Hall–Kier alpha value is -2.40. The third kappa shape index (κ3) is 3.24. The van der Waals surface area contributed by atoms with Crippen LogP contribution in [0.15, 0.2) is 47.5 Å². The van der Waals surface area contributed by atoms with Crippen molar-refractivity contribution in [1.29, 1.82) is 0 Å². The van der Waals surface area contributed by atoms with E-state index in [9.17, 15) is 9.59 Å². The highest BCUT2D eigenvalue weighted by molar-refractivity contribution is 7.11. The van der Waals surface area contributed by atoms with Crippen molar-refractivity contribution in [2.75, 3.05) is 11.9 Å². The molecule has 0 spiro atoms. The van der Waals surface area contributed by atoms with Gasteiger partial charge in [-0.25, -0.2) is 0 Å².